The van der Waals surface area contributed by atoms with Gasteiger partial charge >= 0.3 is 0 Å². The van der Waals surface area contributed by atoms with Gasteiger partial charge in [0.05, 0.1) is 0 Å². The SMILES string of the molecule is CC(=O)N[C@@H]1CC[C@]2(C)CN(CCCc3ccccc3)CC[C@]2(c2cccc(O)c2)C1. The molecule has 1 amide bonds. The van der Waals surface area contributed by atoms with Crippen LogP contribution in [0.2, 0.25) is 0 Å². The van der Waals surface area contributed by atoms with Gasteiger partial charge in [0.15, 0.2) is 0 Å². The number of piperidine rings is 1. The van der Waals surface area contributed by atoms with Crippen molar-refractivity contribution in [2.24, 2.45) is 5.41 Å². The van der Waals surface area contributed by atoms with Crippen LogP contribution in [0.5, 0.6) is 5.75 Å². The molecule has 2 N–H and O–H groups in total. The number of amides is 1. The lowest BCUT2D eigenvalue weighted by molar-refractivity contribution is -0.120. The van der Waals surface area contributed by atoms with E-state index in [2.05, 4.69) is 53.5 Å². The first-order valence-corrected chi connectivity index (χ1v) is 11.7. The number of aryl methyl sites for hydroxylation is 1. The lowest BCUT2D eigenvalue weighted by Gasteiger charge is -2.59. The maximum Gasteiger partial charge on any atom is 0.217 e. The van der Waals surface area contributed by atoms with Crippen molar-refractivity contribution < 1.29 is 9.90 Å². The molecule has 3 atom stereocenters. The highest BCUT2D eigenvalue weighted by atomic mass is 16.3. The van der Waals surface area contributed by atoms with Crippen molar-refractivity contribution in [2.75, 3.05) is 19.6 Å². The standard InChI is InChI=1S/C27H36N2O2/c1-21(30)28-24-13-14-26(2)20-29(16-7-10-22-8-4-3-5-9-22)17-15-27(26,19-24)23-11-6-12-25(31)18-23/h3-6,8-9,11-12,18,24,31H,7,10,13-17,19-20H2,1-2H3,(H,28,30)/t24-,26-,27-/m1/s1. The molecule has 1 heterocycles. The number of hydrogen-bond donors (Lipinski definition) is 2. The molecule has 4 nitrogen and oxygen atoms in total. The fourth-order valence-electron chi connectivity index (χ4n) is 6.22. The Balaban J connectivity index is 1.51. The number of phenolic OH excluding ortho intramolecular Hbond substituents is 1. The van der Waals surface area contributed by atoms with Gasteiger partial charge < -0.3 is 15.3 Å². The van der Waals surface area contributed by atoms with E-state index in [1.807, 2.05) is 12.1 Å². The van der Waals surface area contributed by atoms with Crippen LogP contribution < -0.4 is 5.32 Å². The smallest absolute Gasteiger partial charge is 0.217 e. The molecule has 0 radical (unpaired) electrons. The quantitative estimate of drug-likeness (QED) is 0.714. The normalized spacial score (nSPS) is 28.6. The highest BCUT2D eigenvalue weighted by molar-refractivity contribution is 5.73. The van der Waals surface area contributed by atoms with Crippen molar-refractivity contribution >= 4 is 5.91 Å². The zero-order valence-electron chi connectivity index (χ0n) is 18.9. The van der Waals surface area contributed by atoms with Crippen LogP contribution in [-0.4, -0.2) is 41.6 Å². The van der Waals surface area contributed by atoms with E-state index in [9.17, 15) is 9.90 Å². The number of fused-ring (bicyclic) bond motifs is 1. The summed E-state index contributed by atoms with van der Waals surface area (Å²) in [5, 5.41) is 13.4. The van der Waals surface area contributed by atoms with Gasteiger partial charge in [-0.1, -0.05) is 49.4 Å². The molecule has 4 rings (SSSR count). The predicted octanol–water partition coefficient (Wildman–Crippen LogP) is 4.66. The van der Waals surface area contributed by atoms with Gasteiger partial charge in [-0.3, -0.25) is 4.79 Å². The van der Waals surface area contributed by atoms with Gasteiger partial charge in [0, 0.05) is 24.9 Å². The summed E-state index contributed by atoms with van der Waals surface area (Å²) in [4.78, 5) is 14.4. The molecule has 0 unspecified atom stereocenters. The first-order valence-electron chi connectivity index (χ1n) is 11.7. The maximum atomic E-state index is 11.8. The second-order valence-corrected chi connectivity index (χ2v) is 9.95. The largest absolute Gasteiger partial charge is 0.508 e. The third kappa shape index (κ3) is 4.64. The number of hydrogen-bond acceptors (Lipinski definition) is 3. The number of rotatable bonds is 6. The molecule has 1 saturated heterocycles. The number of carbonyl (C=O) groups excluding carboxylic acids is 1. The first-order chi connectivity index (χ1) is 14.9. The van der Waals surface area contributed by atoms with Crippen LogP contribution in [0.3, 0.4) is 0 Å². The number of aromatic hydroxyl groups is 1. The van der Waals surface area contributed by atoms with Gasteiger partial charge in [-0.25, -0.2) is 0 Å². The van der Waals surface area contributed by atoms with Gasteiger partial charge in [0.2, 0.25) is 5.91 Å². The lowest BCUT2D eigenvalue weighted by Crippen LogP contribution is -2.61. The van der Waals surface area contributed by atoms with E-state index in [0.29, 0.717) is 5.75 Å². The number of carbonyl (C=O) groups is 1. The number of nitrogens with one attached hydrogen (secondary N) is 1. The highest BCUT2D eigenvalue weighted by Crippen LogP contribution is 2.57. The molecule has 0 bridgehead atoms. The minimum atomic E-state index is -0.0208. The fraction of sp³-hybridized carbons (Fsp3) is 0.519. The molecule has 1 aliphatic heterocycles. The summed E-state index contributed by atoms with van der Waals surface area (Å²) in [5.74, 6) is 0.388. The Morgan fingerprint density at radius 1 is 1.16 bits per heavy atom. The van der Waals surface area contributed by atoms with Crippen molar-refractivity contribution in [1.82, 2.24) is 10.2 Å². The van der Waals surface area contributed by atoms with Gasteiger partial charge in [-0.05, 0) is 80.3 Å². The molecule has 2 aromatic rings. The summed E-state index contributed by atoms with van der Waals surface area (Å²) in [6, 6.07) is 18.8. The maximum absolute atomic E-state index is 11.8. The zero-order chi connectivity index (χ0) is 21.9. The van der Waals surface area contributed by atoms with Gasteiger partial charge in [0.25, 0.3) is 0 Å². The molecule has 2 aliphatic rings. The van der Waals surface area contributed by atoms with E-state index >= 15 is 0 Å². The summed E-state index contributed by atoms with van der Waals surface area (Å²) < 4.78 is 0. The monoisotopic (exact) mass is 420 g/mol. The highest BCUT2D eigenvalue weighted by Gasteiger charge is 2.55. The van der Waals surface area contributed by atoms with E-state index in [-0.39, 0.29) is 22.8 Å². The molecule has 166 valence electrons. The van der Waals surface area contributed by atoms with E-state index < -0.39 is 0 Å². The van der Waals surface area contributed by atoms with Crippen molar-refractivity contribution in [3.8, 4) is 5.75 Å². The molecule has 4 heteroatoms. The number of nitrogens with zero attached hydrogens (tertiary/aromatic N) is 1. The minimum absolute atomic E-state index is 0.0208. The van der Waals surface area contributed by atoms with Crippen LogP contribution in [0.15, 0.2) is 54.6 Å². The van der Waals surface area contributed by atoms with Crippen LogP contribution >= 0.6 is 0 Å². The Kier molecular flexibility index (Phi) is 6.38. The first kappa shape index (κ1) is 21.9. The van der Waals surface area contributed by atoms with Gasteiger partial charge in [0.1, 0.15) is 5.75 Å². The fourth-order valence-corrected chi connectivity index (χ4v) is 6.22. The molecule has 1 saturated carbocycles. The molecule has 31 heavy (non-hydrogen) atoms. The van der Waals surface area contributed by atoms with Crippen LogP contribution in [0.25, 0.3) is 0 Å². The van der Waals surface area contributed by atoms with Gasteiger partial charge in [-0.15, -0.1) is 0 Å². The summed E-state index contributed by atoms with van der Waals surface area (Å²) in [7, 11) is 0. The van der Waals surface area contributed by atoms with Crippen LogP contribution in [0.1, 0.15) is 57.1 Å². The third-order valence-corrected chi connectivity index (χ3v) is 7.81. The predicted molar refractivity (Wildman–Crippen MR) is 125 cm³/mol. The molecular weight excluding hydrogens is 384 g/mol. The second-order valence-electron chi connectivity index (χ2n) is 9.95. The topological polar surface area (TPSA) is 52.6 Å². The average Bonchev–Trinajstić information content (AvgIpc) is 2.74. The van der Waals surface area contributed by atoms with Crippen LogP contribution in [0, 0.1) is 5.41 Å². The Morgan fingerprint density at radius 3 is 2.71 bits per heavy atom. The molecular formula is C27H36N2O2. The Morgan fingerprint density at radius 2 is 1.97 bits per heavy atom. The summed E-state index contributed by atoms with van der Waals surface area (Å²) in [6.45, 7) is 7.31. The van der Waals surface area contributed by atoms with Crippen molar-refractivity contribution in [2.45, 2.75) is 63.8 Å². The van der Waals surface area contributed by atoms with E-state index in [1.165, 1.54) is 17.5 Å². The van der Waals surface area contributed by atoms with E-state index in [0.717, 1.165) is 51.7 Å². The number of benzene rings is 2. The van der Waals surface area contributed by atoms with Gasteiger partial charge in [-0.2, -0.15) is 0 Å². The zero-order valence-corrected chi connectivity index (χ0v) is 18.9. The second kappa shape index (κ2) is 9.04. The van der Waals surface area contributed by atoms with Crippen molar-refractivity contribution in [3.05, 3.63) is 65.7 Å². The number of likely N-dealkylation sites (tertiary alicyclic amines) is 1. The molecule has 2 aromatic carbocycles. The summed E-state index contributed by atoms with van der Waals surface area (Å²) in [5.41, 5.74) is 2.75. The Labute approximate surface area is 186 Å². The summed E-state index contributed by atoms with van der Waals surface area (Å²) >= 11 is 0. The van der Waals surface area contributed by atoms with Crippen molar-refractivity contribution in [1.29, 1.82) is 0 Å². The van der Waals surface area contributed by atoms with Crippen LogP contribution in [-0.2, 0) is 16.6 Å². The minimum Gasteiger partial charge on any atom is -0.508 e. The van der Waals surface area contributed by atoms with Crippen molar-refractivity contribution in [3.63, 3.8) is 0 Å². The van der Waals surface area contributed by atoms with E-state index in [4.69, 9.17) is 0 Å². The molecule has 1 aliphatic carbocycles. The number of phenols is 1. The van der Waals surface area contributed by atoms with Crippen LogP contribution in [0.4, 0.5) is 0 Å². The third-order valence-electron chi connectivity index (χ3n) is 7.81. The Bertz CT molecular complexity index is 899. The Hall–Kier alpha value is -2.33. The van der Waals surface area contributed by atoms with E-state index in [1.54, 1.807) is 13.0 Å². The lowest BCUT2D eigenvalue weighted by atomic mass is 9.50. The molecule has 2 fully saturated rings. The molecule has 0 aromatic heterocycles. The summed E-state index contributed by atoms with van der Waals surface area (Å²) in [6.07, 6.45) is 6.42. The molecule has 0 spiro atoms. The average molecular weight is 421 g/mol.